The van der Waals surface area contributed by atoms with Crippen molar-refractivity contribution in [2.45, 2.75) is 5.92 Å². The van der Waals surface area contributed by atoms with E-state index in [2.05, 4.69) is 216 Å². The predicted molar refractivity (Wildman–Crippen MR) is 220 cm³/mol. The molecule has 8 aromatic rings. The van der Waals surface area contributed by atoms with E-state index in [0.29, 0.717) is 11.8 Å². The molecule has 2 aliphatic rings. The summed E-state index contributed by atoms with van der Waals surface area (Å²) in [5.41, 5.74) is 14.7. The van der Waals surface area contributed by atoms with Gasteiger partial charge in [-0.2, -0.15) is 0 Å². The molecule has 10 rings (SSSR count). The lowest BCUT2D eigenvalue weighted by Gasteiger charge is -2.33. The highest BCUT2D eigenvalue weighted by Crippen LogP contribution is 2.47. The smallest absolute Gasteiger partial charge is 0.0547 e. The van der Waals surface area contributed by atoms with Crippen LogP contribution in [0.3, 0.4) is 0 Å². The Morgan fingerprint density at radius 3 is 1.96 bits per heavy atom. The van der Waals surface area contributed by atoms with Gasteiger partial charge in [-0.1, -0.05) is 146 Å². The van der Waals surface area contributed by atoms with E-state index < -0.39 is 0 Å². The number of hydrogen-bond acceptors (Lipinski definition) is 1. The van der Waals surface area contributed by atoms with Crippen molar-refractivity contribution < 1.29 is 0 Å². The van der Waals surface area contributed by atoms with Gasteiger partial charge in [-0.3, -0.25) is 0 Å². The molecule has 0 fully saturated rings. The SMILES string of the molecule is C1=CC2C(c3ccc(N(c4ccccc4)c4cccc(-c5cccc6c5c5ccccc5n6-c5ccccc5)c4)cc3)=Cc3ccccc3C2C=C1. The summed E-state index contributed by atoms with van der Waals surface area (Å²) in [4.78, 5) is 2.37. The molecule has 0 amide bonds. The van der Waals surface area contributed by atoms with E-state index in [1.807, 2.05) is 0 Å². The maximum atomic E-state index is 2.39. The molecule has 1 heterocycles. The van der Waals surface area contributed by atoms with Gasteiger partial charge in [-0.05, 0) is 94.1 Å². The van der Waals surface area contributed by atoms with Crippen LogP contribution in [-0.2, 0) is 0 Å². The molecule has 0 N–H and O–H groups in total. The van der Waals surface area contributed by atoms with Crippen LogP contribution in [0.4, 0.5) is 17.1 Å². The van der Waals surface area contributed by atoms with Crippen molar-refractivity contribution in [1.29, 1.82) is 0 Å². The molecule has 0 saturated carbocycles. The van der Waals surface area contributed by atoms with Crippen molar-refractivity contribution in [3.8, 4) is 16.8 Å². The lowest BCUT2D eigenvalue weighted by Crippen LogP contribution is -2.17. The van der Waals surface area contributed by atoms with E-state index in [-0.39, 0.29) is 0 Å². The summed E-state index contributed by atoms with van der Waals surface area (Å²) in [6.45, 7) is 0. The van der Waals surface area contributed by atoms with Crippen LogP contribution in [0.15, 0.2) is 200 Å². The summed E-state index contributed by atoms with van der Waals surface area (Å²) in [5, 5.41) is 2.52. The lowest BCUT2D eigenvalue weighted by atomic mass is 9.71. The first-order valence-corrected chi connectivity index (χ1v) is 18.1. The van der Waals surface area contributed by atoms with Gasteiger partial charge in [0.2, 0.25) is 0 Å². The number of para-hydroxylation sites is 3. The first-order valence-electron chi connectivity index (χ1n) is 18.1. The van der Waals surface area contributed by atoms with Gasteiger partial charge in [0.05, 0.1) is 11.0 Å². The van der Waals surface area contributed by atoms with Crippen LogP contribution in [0.5, 0.6) is 0 Å². The molecule has 2 unspecified atom stereocenters. The van der Waals surface area contributed by atoms with Crippen molar-refractivity contribution in [2.24, 2.45) is 5.92 Å². The summed E-state index contributed by atoms with van der Waals surface area (Å²) < 4.78 is 2.39. The Kier molecular flexibility index (Phi) is 7.32. The molecule has 2 heteroatoms. The first kappa shape index (κ1) is 30.2. The molecule has 7 aromatic carbocycles. The second-order valence-electron chi connectivity index (χ2n) is 13.7. The predicted octanol–water partition coefficient (Wildman–Crippen LogP) is 13.3. The van der Waals surface area contributed by atoms with E-state index in [9.17, 15) is 0 Å². The minimum atomic E-state index is 0.322. The number of aromatic nitrogens is 1. The van der Waals surface area contributed by atoms with Crippen LogP contribution in [-0.4, -0.2) is 4.57 Å². The van der Waals surface area contributed by atoms with Gasteiger partial charge in [0.1, 0.15) is 0 Å². The van der Waals surface area contributed by atoms with Gasteiger partial charge in [-0.25, -0.2) is 0 Å². The molecule has 52 heavy (non-hydrogen) atoms. The van der Waals surface area contributed by atoms with Gasteiger partial charge >= 0.3 is 0 Å². The van der Waals surface area contributed by atoms with Crippen LogP contribution < -0.4 is 4.90 Å². The molecule has 2 atom stereocenters. The highest BCUT2D eigenvalue weighted by Gasteiger charge is 2.30. The van der Waals surface area contributed by atoms with E-state index in [1.54, 1.807) is 0 Å². The van der Waals surface area contributed by atoms with Gasteiger partial charge in [0.25, 0.3) is 0 Å². The second-order valence-corrected chi connectivity index (χ2v) is 13.7. The molecule has 246 valence electrons. The molecule has 0 saturated heterocycles. The zero-order valence-corrected chi connectivity index (χ0v) is 28.7. The van der Waals surface area contributed by atoms with Gasteiger partial charge in [0, 0.05) is 45.4 Å². The fraction of sp³-hybridized carbons (Fsp3) is 0.0400. The molecular weight excluding hydrogens is 629 g/mol. The summed E-state index contributed by atoms with van der Waals surface area (Å²) in [6, 6.07) is 63.8. The van der Waals surface area contributed by atoms with Crippen molar-refractivity contribution in [1.82, 2.24) is 4.57 Å². The van der Waals surface area contributed by atoms with Crippen LogP contribution >= 0.6 is 0 Å². The monoisotopic (exact) mass is 664 g/mol. The Bertz CT molecular complexity index is 2680. The minimum Gasteiger partial charge on any atom is -0.310 e. The molecule has 0 aliphatic heterocycles. The molecule has 1 aromatic heterocycles. The van der Waals surface area contributed by atoms with Gasteiger partial charge < -0.3 is 9.47 Å². The van der Waals surface area contributed by atoms with Crippen molar-refractivity contribution >= 4 is 50.5 Å². The maximum Gasteiger partial charge on any atom is 0.0547 e. The average Bonchev–Trinajstić information content (AvgIpc) is 3.56. The highest BCUT2D eigenvalue weighted by molar-refractivity contribution is 6.16. The number of benzene rings is 7. The molecule has 0 bridgehead atoms. The third kappa shape index (κ3) is 5.03. The first-order chi connectivity index (χ1) is 25.8. The van der Waals surface area contributed by atoms with Crippen LogP contribution in [0.25, 0.3) is 50.3 Å². The van der Waals surface area contributed by atoms with Crippen LogP contribution in [0, 0.1) is 5.92 Å². The van der Waals surface area contributed by atoms with E-state index in [0.717, 1.165) is 22.7 Å². The summed E-state index contributed by atoms with van der Waals surface area (Å²) >= 11 is 0. The van der Waals surface area contributed by atoms with Crippen LogP contribution in [0.2, 0.25) is 0 Å². The van der Waals surface area contributed by atoms with E-state index >= 15 is 0 Å². The summed E-state index contributed by atoms with van der Waals surface area (Å²) in [7, 11) is 0. The number of hydrogen-bond donors (Lipinski definition) is 0. The third-order valence-electron chi connectivity index (χ3n) is 10.8. The largest absolute Gasteiger partial charge is 0.310 e. The Balaban J connectivity index is 1.08. The molecule has 0 radical (unpaired) electrons. The highest BCUT2D eigenvalue weighted by atomic mass is 15.1. The van der Waals surface area contributed by atoms with Gasteiger partial charge in [0.15, 0.2) is 0 Å². The quantitative estimate of drug-likeness (QED) is 0.172. The second kappa shape index (κ2) is 12.6. The molecule has 2 aliphatic carbocycles. The average molecular weight is 665 g/mol. The molecule has 2 nitrogen and oxygen atoms in total. The Labute approximate surface area is 304 Å². The zero-order valence-electron chi connectivity index (χ0n) is 28.7. The van der Waals surface area contributed by atoms with Crippen LogP contribution in [0.1, 0.15) is 22.6 Å². The number of allylic oxidation sites excluding steroid dienone is 5. The minimum absolute atomic E-state index is 0.322. The topological polar surface area (TPSA) is 8.17 Å². The number of rotatable bonds is 6. The zero-order chi connectivity index (χ0) is 34.4. The number of fused-ring (bicyclic) bond motifs is 6. The normalized spacial score (nSPS) is 16.0. The molecular formula is C50H36N2. The van der Waals surface area contributed by atoms with E-state index in [1.165, 1.54) is 55.2 Å². The fourth-order valence-corrected chi connectivity index (χ4v) is 8.44. The Morgan fingerprint density at radius 2 is 1.12 bits per heavy atom. The number of anilines is 3. The van der Waals surface area contributed by atoms with Crippen molar-refractivity contribution in [3.63, 3.8) is 0 Å². The number of nitrogens with zero attached hydrogens (tertiary/aromatic N) is 2. The maximum absolute atomic E-state index is 2.39. The molecule has 0 spiro atoms. The fourth-order valence-electron chi connectivity index (χ4n) is 8.44. The van der Waals surface area contributed by atoms with E-state index in [4.69, 9.17) is 0 Å². The Hall–Kier alpha value is -6.64. The summed E-state index contributed by atoms with van der Waals surface area (Å²) in [6.07, 6.45) is 11.5. The standard InChI is InChI=1S/C50H36N2/c1-3-17-38(18-4-1)51(40-31-29-35(30-32-40)47-34-37-15-7-8-22-42(37)44-23-9-10-24-45(44)47)41-21-13-16-36(33-41)43-26-14-28-49-50(43)46-25-11-12-27-48(46)52(49)39-19-5-2-6-20-39/h1-34,44-45H. The lowest BCUT2D eigenvalue weighted by molar-refractivity contribution is 0.709. The van der Waals surface area contributed by atoms with Gasteiger partial charge in [-0.15, -0.1) is 0 Å². The van der Waals surface area contributed by atoms with Crippen molar-refractivity contribution in [3.05, 3.63) is 217 Å². The third-order valence-corrected chi connectivity index (χ3v) is 10.8. The summed E-state index contributed by atoms with van der Waals surface area (Å²) in [5.74, 6) is 0.679. The Morgan fingerprint density at radius 1 is 0.462 bits per heavy atom. The van der Waals surface area contributed by atoms with Crippen molar-refractivity contribution in [2.75, 3.05) is 4.90 Å².